The van der Waals surface area contributed by atoms with Crippen LogP contribution in [0.5, 0.6) is 0 Å². The second kappa shape index (κ2) is 12.1. The topological polar surface area (TPSA) is 78.7 Å². The zero-order valence-electron chi connectivity index (χ0n) is 22.1. The second-order valence-electron chi connectivity index (χ2n) is 11.1. The molecule has 0 bridgehead atoms. The van der Waals surface area contributed by atoms with Crippen LogP contribution in [-0.4, -0.2) is 42.9 Å². The SMILES string of the molecule is NCCCN(Cc1cccc(-c2ccc(N3CCCC3)c(NC(=O)C3CCCCC3)c2)c1)C(=O)C1CC1. The maximum absolute atomic E-state index is 13.2. The first kappa shape index (κ1) is 25.8. The van der Waals surface area contributed by atoms with Crippen LogP contribution in [0.2, 0.25) is 0 Å². The minimum atomic E-state index is 0.121. The van der Waals surface area contributed by atoms with Crippen molar-refractivity contribution in [1.82, 2.24) is 4.90 Å². The Labute approximate surface area is 221 Å². The third kappa shape index (κ3) is 6.53. The van der Waals surface area contributed by atoms with E-state index in [4.69, 9.17) is 5.73 Å². The van der Waals surface area contributed by atoms with Crippen LogP contribution >= 0.6 is 0 Å². The van der Waals surface area contributed by atoms with Crippen LogP contribution in [0.4, 0.5) is 11.4 Å². The number of nitrogens with two attached hydrogens (primary N) is 1. The Hall–Kier alpha value is -2.86. The zero-order valence-corrected chi connectivity index (χ0v) is 22.1. The highest BCUT2D eigenvalue weighted by Crippen LogP contribution is 2.36. The molecule has 3 aliphatic rings. The molecule has 0 aromatic heterocycles. The predicted octanol–water partition coefficient (Wildman–Crippen LogP) is 5.56. The largest absolute Gasteiger partial charge is 0.370 e. The molecule has 1 aliphatic heterocycles. The third-order valence-electron chi connectivity index (χ3n) is 8.18. The van der Waals surface area contributed by atoms with Gasteiger partial charge < -0.3 is 20.9 Å². The molecule has 5 rings (SSSR count). The summed E-state index contributed by atoms with van der Waals surface area (Å²) in [5.41, 5.74) is 11.1. The summed E-state index contributed by atoms with van der Waals surface area (Å²) in [5.74, 6) is 0.756. The molecule has 2 aromatic rings. The van der Waals surface area contributed by atoms with Crippen molar-refractivity contribution in [1.29, 1.82) is 0 Å². The number of amides is 2. The smallest absolute Gasteiger partial charge is 0.227 e. The van der Waals surface area contributed by atoms with Gasteiger partial charge in [0.2, 0.25) is 11.8 Å². The molecule has 3 fully saturated rings. The number of hydrogen-bond acceptors (Lipinski definition) is 4. The van der Waals surface area contributed by atoms with Gasteiger partial charge in [0.05, 0.1) is 11.4 Å². The molecule has 3 N–H and O–H groups in total. The number of nitrogens with one attached hydrogen (secondary N) is 1. The number of carbonyl (C=O) groups excluding carboxylic acids is 2. The molecule has 2 aliphatic carbocycles. The van der Waals surface area contributed by atoms with Gasteiger partial charge in [-0.25, -0.2) is 0 Å². The first-order chi connectivity index (χ1) is 18.1. The Balaban J connectivity index is 1.38. The lowest BCUT2D eigenvalue weighted by Crippen LogP contribution is -2.33. The molecule has 198 valence electrons. The van der Waals surface area contributed by atoms with Crippen molar-refractivity contribution >= 4 is 23.2 Å². The summed E-state index contributed by atoms with van der Waals surface area (Å²) in [6.07, 6.45) is 10.8. The molecule has 1 heterocycles. The van der Waals surface area contributed by atoms with Crippen LogP contribution in [0.25, 0.3) is 11.1 Å². The van der Waals surface area contributed by atoms with Crippen LogP contribution in [0, 0.1) is 11.8 Å². The maximum atomic E-state index is 13.2. The Morgan fingerprint density at radius 2 is 1.65 bits per heavy atom. The van der Waals surface area contributed by atoms with Crippen LogP contribution in [-0.2, 0) is 16.1 Å². The van der Waals surface area contributed by atoms with Gasteiger partial charge in [0, 0.05) is 38.0 Å². The molecule has 6 nitrogen and oxygen atoms in total. The zero-order chi connectivity index (χ0) is 25.6. The Kier molecular flexibility index (Phi) is 8.45. The Morgan fingerprint density at radius 1 is 0.892 bits per heavy atom. The Morgan fingerprint density at radius 3 is 2.38 bits per heavy atom. The molecule has 2 amide bonds. The molecule has 0 unspecified atom stereocenters. The summed E-state index contributed by atoms with van der Waals surface area (Å²) in [6, 6.07) is 15.0. The fraction of sp³-hybridized carbons (Fsp3) is 0.548. The molecule has 0 radical (unpaired) electrons. The quantitative estimate of drug-likeness (QED) is 0.446. The van der Waals surface area contributed by atoms with Crippen molar-refractivity contribution in [3.8, 4) is 11.1 Å². The molecule has 0 spiro atoms. The first-order valence-electron chi connectivity index (χ1n) is 14.4. The lowest BCUT2D eigenvalue weighted by Gasteiger charge is -2.25. The molecule has 2 saturated carbocycles. The molecule has 1 saturated heterocycles. The van der Waals surface area contributed by atoms with Crippen molar-refractivity contribution in [2.75, 3.05) is 36.4 Å². The van der Waals surface area contributed by atoms with Crippen LogP contribution in [0.3, 0.4) is 0 Å². The second-order valence-corrected chi connectivity index (χ2v) is 11.1. The summed E-state index contributed by atoms with van der Waals surface area (Å²) < 4.78 is 0. The van der Waals surface area contributed by atoms with Gasteiger partial charge in [0.25, 0.3) is 0 Å². The highest BCUT2D eigenvalue weighted by Gasteiger charge is 2.33. The minimum Gasteiger partial charge on any atom is -0.370 e. The van der Waals surface area contributed by atoms with E-state index in [0.717, 1.165) is 86.1 Å². The van der Waals surface area contributed by atoms with Gasteiger partial charge in [-0.1, -0.05) is 43.5 Å². The van der Waals surface area contributed by atoms with Gasteiger partial charge in [0.1, 0.15) is 0 Å². The third-order valence-corrected chi connectivity index (χ3v) is 8.18. The van der Waals surface area contributed by atoms with Gasteiger partial charge in [-0.05, 0) is 86.4 Å². The molecule has 6 heteroatoms. The van der Waals surface area contributed by atoms with Gasteiger partial charge in [-0.2, -0.15) is 0 Å². The van der Waals surface area contributed by atoms with Gasteiger partial charge in [-0.3, -0.25) is 9.59 Å². The van der Waals surface area contributed by atoms with Crippen LogP contribution in [0.15, 0.2) is 42.5 Å². The first-order valence-corrected chi connectivity index (χ1v) is 14.4. The molecule has 2 aromatic carbocycles. The molecular weight excluding hydrogens is 460 g/mol. The average Bonchev–Trinajstić information content (AvgIpc) is 3.65. The van der Waals surface area contributed by atoms with Gasteiger partial charge in [0.15, 0.2) is 0 Å². The highest BCUT2D eigenvalue weighted by atomic mass is 16.2. The van der Waals surface area contributed by atoms with Gasteiger partial charge in [-0.15, -0.1) is 0 Å². The van der Waals surface area contributed by atoms with E-state index in [0.29, 0.717) is 19.6 Å². The lowest BCUT2D eigenvalue weighted by molar-refractivity contribution is -0.133. The summed E-state index contributed by atoms with van der Waals surface area (Å²) in [4.78, 5) is 30.4. The minimum absolute atomic E-state index is 0.121. The van der Waals surface area contributed by atoms with E-state index in [-0.39, 0.29) is 23.7 Å². The van der Waals surface area contributed by atoms with E-state index >= 15 is 0 Å². The van der Waals surface area contributed by atoms with Crippen molar-refractivity contribution in [3.05, 3.63) is 48.0 Å². The van der Waals surface area contributed by atoms with Crippen LogP contribution < -0.4 is 16.0 Å². The summed E-state index contributed by atoms with van der Waals surface area (Å²) >= 11 is 0. The van der Waals surface area contributed by atoms with Crippen molar-refractivity contribution in [2.45, 2.75) is 70.8 Å². The summed E-state index contributed by atoms with van der Waals surface area (Å²) in [6.45, 7) is 3.98. The van der Waals surface area contributed by atoms with E-state index < -0.39 is 0 Å². The number of hydrogen-bond donors (Lipinski definition) is 2. The van der Waals surface area contributed by atoms with Crippen molar-refractivity contribution in [2.24, 2.45) is 17.6 Å². The van der Waals surface area contributed by atoms with E-state index in [1.165, 1.54) is 19.3 Å². The number of benzene rings is 2. The number of nitrogens with zero attached hydrogens (tertiary/aromatic N) is 2. The average molecular weight is 503 g/mol. The summed E-state index contributed by atoms with van der Waals surface area (Å²) in [7, 11) is 0. The molecular formula is C31H42N4O2. The lowest BCUT2D eigenvalue weighted by atomic mass is 9.88. The predicted molar refractivity (Wildman–Crippen MR) is 150 cm³/mol. The summed E-state index contributed by atoms with van der Waals surface area (Å²) in [5, 5.41) is 3.33. The van der Waals surface area contributed by atoms with E-state index in [1.54, 1.807) is 0 Å². The van der Waals surface area contributed by atoms with Gasteiger partial charge >= 0.3 is 0 Å². The monoisotopic (exact) mass is 502 g/mol. The van der Waals surface area contributed by atoms with E-state index in [9.17, 15) is 9.59 Å². The van der Waals surface area contributed by atoms with Crippen molar-refractivity contribution < 1.29 is 9.59 Å². The normalized spacial score (nSPS) is 18.1. The fourth-order valence-corrected chi connectivity index (χ4v) is 5.86. The Bertz CT molecular complexity index is 1080. The number of carbonyl (C=O) groups is 2. The number of anilines is 2. The maximum Gasteiger partial charge on any atom is 0.227 e. The van der Waals surface area contributed by atoms with Crippen molar-refractivity contribution in [3.63, 3.8) is 0 Å². The van der Waals surface area contributed by atoms with E-state index in [2.05, 4.69) is 52.7 Å². The fourth-order valence-electron chi connectivity index (χ4n) is 5.86. The number of rotatable bonds is 10. The molecule has 37 heavy (non-hydrogen) atoms. The van der Waals surface area contributed by atoms with Crippen LogP contribution in [0.1, 0.15) is 69.8 Å². The molecule has 0 atom stereocenters. The van der Waals surface area contributed by atoms with E-state index in [1.807, 2.05) is 4.90 Å². The highest BCUT2D eigenvalue weighted by molar-refractivity contribution is 5.97. The standard InChI is InChI=1S/C31H42N4O2/c32-16-7-19-35(31(37)25-12-13-25)22-23-8-6-11-26(20-23)27-14-15-29(34-17-4-5-18-34)28(21-27)33-30(36)24-9-2-1-3-10-24/h6,8,11,14-15,20-21,24-25H,1-5,7,9-10,12-13,16-19,22,32H2,(H,33,36).